The average Bonchev–Trinajstić information content (AvgIpc) is 0.740. The van der Waals surface area contributed by atoms with Gasteiger partial charge in [-0.3, -0.25) is 14.4 Å². The van der Waals surface area contributed by atoms with Crippen molar-refractivity contribution in [1.29, 1.82) is 0 Å². The number of morpholine rings is 3. The number of carbonyl (C=O) groups excluding carboxylic acids is 3. The number of alkyl halides is 4. The Bertz CT molecular complexity index is 3720. The average molecular weight is 1440 g/mol. The zero-order chi connectivity index (χ0) is 72.7. The van der Waals surface area contributed by atoms with Crippen molar-refractivity contribution in [2.24, 2.45) is 23.2 Å². The summed E-state index contributed by atoms with van der Waals surface area (Å²) in [6.45, 7) is 17.9. The Morgan fingerprint density at radius 3 is 1.32 bits per heavy atom. The standard InChI is InChI=1S/C25H32FN5O3.C24H30F3N5O3.C24H31F2N5O3/c1-16-11-30(12-17(2)34-16)21-6-4-20(5-7-21)28-24-27-10-22(26)23(29-24)33-13-19-8-25(9-19)14-31(15-25)18(3)32;1-24(26,27)22(33)29-17-4-2-16(3-5-17)15-35-21-20(25)14-28-23(31-21)30-18-6-8-19(9-7-18)32-10-12-34-13-11-32;1-24(25,26)22(32)28-18-4-2-17(3-5-18)16-34-21-10-11-27-23(30-21)29-19-6-8-20(9-7-19)31-12-14-33-15-13-31/h4-7,10,16-17,19H,8-9,11-15H2,1-3H3,(H,27,28,29);6-9,14,16-17H,2-5,10-13,15H2,1H3,(H,29,33)(H,28,30,31);6-11,17-18H,2-5,12-16H2,1H3,(H,28,32)(H,27,29,30)/t16-,17+;;. The fraction of sp³-hybridized carbons (Fsp3) is 0.548. The normalized spacial score (nSPS) is 21.9. The van der Waals surface area contributed by atoms with E-state index in [2.05, 4.69) is 97.2 Å². The number of ether oxygens (including phenoxy) is 6. The van der Waals surface area contributed by atoms with Gasteiger partial charge in [0.25, 0.3) is 23.6 Å². The number of hydrogen-bond acceptors (Lipinski definition) is 21. The first-order chi connectivity index (χ1) is 49.4. The molecule has 4 aliphatic heterocycles. The molecular weight excluding hydrogens is 1340 g/mol. The number of nitrogens with zero attached hydrogens (tertiary/aromatic N) is 10. The van der Waals surface area contributed by atoms with Gasteiger partial charge in [0, 0.05) is 137 Å². The molecule has 3 aliphatic carbocycles. The van der Waals surface area contributed by atoms with Crippen molar-refractivity contribution < 1.29 is 69.1 Å². The molecule has 5 N–H and O–H groups in total. The lowest BCUT2D eigenvalue weighted by atomic mass is 9.58. The number of hydrogen-bond donors (Lipinski definition) is 5. The number of likely N-dealkylation sites (tertiary alicyclic amines) is 1. The van der Waals surface area contributed by atoms with Gasteiger partial charge in [-0.25, -0.2) is 15.0 Å². The van der Waals surface area contributed by atoms with E-state index in [1.54, 1.807) is 19.2 Å². The zero-order valence-electron chi connectivity index (χ0n) is 58.9. The lowest BCUT2D eigenvalue weighted by molar-refractivity contribution is -0.154. The van der Waals surface area contributed by atoms with Crippen LogP contribution in [0.2, 0.25) is 0 Å². The van der Waals surface area contributed by atoms with Crippen LogP contribution < -0.4 is 55.5 Å². The molecule has 0 radical (unpaired) electrons. The van der Waals surface area contributed by atoms with Crippen molar-refractivity contribution in [3.8, 4) is 17.6 Å². The van der Waals surface area contributed by atoms with Gasteiger partial charge < -0.3 is 74.6 Å². The predicted molar refractivity (Wildman–Crippen MR) is 376 cm³/mol. The number of benzene rings is 3. The number of aromatic nitrogens is 6. The van der Waals surface area contributed by atoms with Crippen molar-refractivity contribution in [2.45, 2.75) is 135 Å². The maximum absolute atomic E-state index is 14.2. The van der Waals surface area contributed by atoms with E-state index in [-0.39, 0.29) is 71.8 Å². The maximum atomic E-state index is 14.2. The van der Waals surface area contributed by atoms with E-state index in [1.807, 2.05) is 65.6 Å². The minimum Gasteiger partial charge on any atom is -0.477 e. The summed E-state index contributed by atoms with van der Waals surface area (Å²) >= 11 is 0. The molecular formula is C73H93F6N15O9. The van der Waals surface area contributed by atoms with Gasteiger partial charge in [-0.1, -0.05) is 0 Å². The summed E-state index contributed by atoms with van der Waals surface area (Å²) in [5.74, 6) is -8.28. The van der Waals surface area contributed by atoms with Crippen molar-refractivity contribution >= 4 is 69.7 Å². The summed E-state index contributed by atoms with van der Waals surface area (Å²) in [7, 11) is 0. The molecule has 2 atom stereocenters. The van der Waals surface area contributed by atoms with Crippen LogP contribution in [0.1, 0.15) is 98.8 Å². The first kappa shape index (κ1) is 75.1. The van der Waals surface area contributed by atoms with Crippen LogP contribution in [0.3, 0.4) is 0 Å². The Labute approximate surface area is 596 Å². The molecule has 24 nitrogen and oxygen atoms in total. The summed E-state index contributed by atoms with van der Waals surface area (Å²) < 4.78 is 115. The zero-order valence-corrected chi connectivity index (χ0v) is 58.9. The number of anilines is 9. The molecule has 7 heterocycles. The summed E-state index contributed by atoms with van der Waals surface area (Å²) in [4.78, 5) is 68.2. The van der Waals surface area contributed by atoms with Crippen molar-refractivity contribution in [1.82, 2.24) is 45.4 Å². The van der Waals surface area contributed by atoms with E-state index in [0.717, 1.165) is 138 Å². The molecule has 3 aromatic carbocycles. The van der Waals surface area contributed by atoms with Crippen LogP contribution in [0.5, 0.6) is 17.6 Å². The van der Waals surface area contributed by atoms with Gasteiger partial charge in [0.05, 0.1) is 70.8 Å². The van der Waals surface area contributed by atoms with Crippen LogP contribution in [0.4, 0.5) is 78.3 Å². The van der Waals surface area contributed by atoms with E-state index in [0.29, 0.717) is 102 Å². The van der Waals surface area contributed by atoms with Crippen LogP contribution in [0, 0.1) is 34.8 Å². The Morgan fingerprint density at radius 1 is 0.524 bits per heavy atom. The fourth-order valence-electron chi connectivity index (χ4n) is 13.9. The molecule has 13 rings (SSSR count). The predicted octanol–water partition coefficient (Wildman–Crippen LogP) is 11.3. The van der Waals surface area contributed by atoms with Crippen LogP contribution in [-0.4, -0.2) is 187 Å². The molecule has 6 aromatic rings. The molecule has 0 unspecified atom stereocenters. The number of halogens is 6. The summed E-state index contributed by atoms with van der Waals surface area (Å²) in [6.07, 6.45) is 11.6. The molecule has 7 fully saturated rings. The third kappa shape index (κ3) is 21.8. The quantitative estimate of drug-likeness (QED) is 0.0396. The molecule has 3 saturated carbocycles. The van der Waals surface area contributed by atoms with Gasteiger partial charge in [-0.05, 0) is 169 Å². The number of rotatable bonds is 22. The third-order valence-electron chi connectivity index (χ3n) is 19.4. The van der Waals surface area contributed by atoms with Crippen molar-refractivity contribution in [2.75, 3.05) is 129 Å². The van der Waals surface area contributed by atoms with E-state index < -0.39 is 35.3 Å². The van der Waals surface area contributed by atoms with Gasteiger partial charge in [0.2, 0.25) is 41.3 Å². The summed E-state index contributed by atoms with van der Waals surface area (Å²) in [5, 5.41) is 14.2. The second kappa shape index (κ2) is 34.5. The van der Waals surface area contributed by atoms with Gasteiger partial charge in [-0.2, -0.15) is 41.3 Å². The summed E-state index contributed by atoms with van der Waals surface area (Å²) in [6, 6.07) is 25.2. The monoisotopic (exact) mass is 1440 g/mol. The molecule has 556 valence electrons. The highest BCUT2D eigenvalue weighted by molar-refractivity contribution is 5.83. The Morgan fingerprint density at radius 2 is 0.913 bits per heavy atom. The highest BCUT2D eigenvalue weighted by atomic mass is 19.3. The minimum atomic E-state index is -3.39. The number of nitrogens with one attached hydrogen (secondary N) is 5. The SMILES string of the molecule is CC(=O)N1CC2(CC(COc3nc(Nc4ccc(N5C[C@@H](C)O[C@@H](C)C5)cc4)ncc3F)C2)C1.CC(F)(F)C(=O)NC1CCC(COc2ccnc(Nc3ccc(N4CCOCC4)cc3)n2)CC1.CC(F)(F)C(=O)NC1CCC(COc2nc(Nc3ccc(N4CCOCC4)cc3)ncc2F)CC1. The first-order valence-electron chi connectivity index (χ1n) is 35.5. The topological polar surface area (TPSA) is 257 Å². The van der Waals surface area contributed by atoms with Gasteiger partial charge in [0.1, 0.15) is 0 Å². The minimum absolute atomic E-state index is 0.0367. The van der Waals surface area contributed by atoms with Crippen LogP contribution >= 0.6 is 0 Å². The lowest BCUT2D eigenvalue weighted by Gasteiger charge is -2.58. The molecule has 3 aromatic heterocycles. The Balaban J connectivity index is 0.000000155. The lowest BCUT2D eigenvalue weighted by Crippen LogP contribution is -2.63. The van der Waals surface area contributed by atoms with E-state index in [4.69, 9.17) is 28.4 Å². The molecule has 7 aliphatic rings. The number of amides is 3. The summed E-state index contributed by atoms with van der Waals surface area (Å²) in [5.41, 5.74) is 6.10. The first-order valence-corrected chi connectivity index (χ1v) is 35.5. The van der Waals surface area contributed by atoms with Gasteiger partial charge in [0.15, 0.2) is 0 Å². The van der Waals surface area contributed by atoms with E-state index >= 15 is 0 Å². The Hall–Kier alpha value is -9.03. The van der Waals surface area contributed by atoms with Crippen LogP contribution in [0.15, 0.2) is 97.5 Å². The van der Waals surface area contributed by atoms with Crippen LogP contribution in [0.25, 0.3) is 0 Å². The molecule has 30 heteroatoms. The third-order valence-corrected chi connectivity index (χ3v) is 19.4. The molecule has 103 heavy (non-hydrogen) atoms. The van der Waals surface area contributed by atoms with E-state index in [9.17, 15) is 40.7 Å². The van der Waals surface area contributed by atoms with Crippen molar-refractivity contribution in [3.05, 3.63) is 109 Å². The molecule has 3 amide bonds. The Kier molecular flexibility index (Phi) is 25.2. The second-order valence-corrected chi connectivity index (χ2v) is 28.0. The van der Waals surface area contributed by atoms with Gasteiger partial charge >= 0.3 is 11.8 Å². The smallest absolute Gasteiger partial charge is 0.321 e. The highest BCUT2D eigenvalue weighted by Gasteiger charge is 2.53. The van der Waals surface area contributed by atoms with Gasteiger partial charge in [-0.15, -0.1) is 0 Å². The maximum Gasteiger partial charge on any atom is 0.321 e. The highest BCUT2D eigenvalue weighted by Crippen LogP contribution is 2.52. The van der Waals surface area contributed by atoms with Crippen molar-refractivity contribution in [3.63, 3.8) is 0 Å². The fourth-order valence-corrected chi connectivity index (χ4v) is 13.9. The molecule has 4 saturated heterocycles. The molecule has 0 bridgehead atoms. The molecule has 1 spiro atoms. The second-order valence-electron chi connectivity index (χ2n) is 28.0. The number of carbonyl (C=O) groups is 3. The van der Waals surface area contributed by atoms with E-state index in [1.165, 1.54) is 0 Å². The largest absolute Gasteiger partial charge is 0.477 e. The van der Waals surface area contributed by atoms with Crippen LogP contribution in [-0.2, 0) is 28.6 Å².